The van der Waals surface area contributed by atoms with Gasteiger partial charge in [-0.25, -0.2) is 0 Å². The maximum atomic E-state index is 2.30. The molecule has 0 bridgehead atoms. The van der Waals surface area contributed by atoms with Crippen molar-refractivity contribution in [1.82, 2.24) is 0 Å². The number of halogens is 1. The molecule has 1 nitrogen and oxygen atoms in total. The molecule has 14 heavy (non-hydrogen) atoms. The third-order valence-electron chi connectivity index (χ3n) is 2.70. The molecule has 0 saturated carbocycles. The van der Waals surface area contributed by atoms with Gasteiger partial charge in [0.15, 0.2) is 0 Å². The second-order valence-electron chi connectivity index (χ2n) is 4.65. The maximum absolute atomic E-state index is 2.30. The number of hydrogen-bond donors (Lipinski definition) is 0. The zero-order valence-corrected chi connectivity index (χ0v) is 11.1. The summed E-state index contributed by atoms with van der Waals surface area (Å²) in [5, 5.41) is 0. The Hall–Kier alpha value is -0.340. The topological polar surface area (TPSA) is 0 Å². The van der Waals surface area contributed by atoms with Gasteiger partial charge in [0, 0.05) is 6.42 Å². The van der Waals surface area contributed by atoms with Crippen LogP contribution in [0.15, 0.2) is 30.3 Å². The summed E-state index contributed by atoms with van der Waals surface area (Å²) in [7, 11) is 6.73. The Morgan fingerprint density at radius 3 is 2.00 bits per heavy atom. The number of likely N-dealkylation sites (N-methyl/N-ethyl adjacent to an activating group) is 1. The van der Waals surface area contributed by atoms with E-state index in [1.165, 1.54) is 5.56 Å². The van der Waals surface area contributed by atoms with Gasteiger partial charge in [-0.2, -0.15) is 0 Å². The van der Waals surface area contributed by atoms with E-state index in [0.29, 0.717) is 6.04 Å². The summed E-state index contributed by atoms with van der Waals surface area (Å²) in [6, 6.07) is 11.4. The molecule has 0 heterocycles. The quantitative estimate of drug-likeness (QED) is 0.631. The molecular weight excluding hydrogens is 238 g/mol. The van der Waals surface area contributed by atoms with Crippen molar-refractivity contribution in [2.24, 2.45) is 0 Å². The summed E-state index contributed by atoms with van der Waals surface area (Å²) in [4.78, 5) is 0. The third-order valence-corrected chi connectivity index (χ3v) is 2.70. The lowest BCUT2D eigenvalue weighted by molar-refractivity contribution is -0.893. The predicted molar refractivity (Wildman–Crippen MR) is 57.6 cm³/mol. The Balaban J connectivity index is 0.00000169. The van der Waals surface area contributed by atoms with Gasteiger partial charge in [0.1, 0.15) is 0 Å². The van der Waals surface area contributed by atoms with Crippen molar-refractivity contribution in [2.45, 2.75) is 19.4 Å². The highest BCUT2D eigenvalue weighted by atomic mass is 79.9. The summed E-state index contributed by atoms with van der Waals surface area (Å²) in [5.74, 6) is 0. The van der Waals surface area contributed by atoms with Crippen molar-refractivity contribution in [3.05, 3.63) is 35.9 Å². The number of nitrogens with zero attached hydrogens (tertiary/aromatic N) is 1. The molecule has 0 spiro atoms. The Bertz CT molecular complexity index is 251. The Morgan fingerprint density at radius 1 is 1.07 bits per heavy atom. The molecule has 0 saturated heterocycles. The van der Waals surface area contributed by atoms with Gasteiger partial charge in [0.05, 0.1) is 27.2 Å². The van der Waals surface area contributed by atoms with E-state index in [4.69, 9.17) is 0 Å². The van der Waals surface area contributed by atoms with Crippen LogP contribution >= 0.6 is 0 Å². The van der Waals surface area contributed by atoms with Gasteiger partial charge in [0.25, 0.3) is 0 Å². The number of quaternary nitrogens is 1. The molecule has 0 aromatic heterocycles. The Labute approximate surface area is 98.1 Å². The summed E-state index contributed by atoms with van der Waals surface area (Å²) < 4.78 is 1.02. The van der Waals surface area contributed by atoms with Crippen LogP contribution in [0.4, 0.5) is 0 Å². The fraction of sp³-hybridized carbons (Fsp3) is 0.500. The summed E-state index contributed by atoms with van der Waals surface area (Å²) >= 11 is 0. The SMILES string of the molecule is CC(Cc1ccccc1)[N+](C)(C)C.[Br-]. The minimum atomic E-state index is 0. The molecule has 1 aromatic rings. The van der Waals surface area contributed by atoms with Gasteiger partial charge in [-0.1, -0.05) is 30.3 Å². The van der Waals surface area contributed by atoms with Crippen LogP contribution in [-0.4, -0.2) is 31.7 Å². The number of hydrogen-bond acceptors (Lipinski definition) is 0. The fourth-order valence-electron chi connectivity index (χ4n) is 1.23. The molecule has 0 radical (unpaired) electrons. The largest absolute Gasteiger partial charge is 1.00 e. The van der Waals surface area contributed by atoms with Gasteiger partial charge >= 0.3 is 0 Å². The van der Waals surface area contributed by atoms with Gasteiger partial charge in [-0.05, 0) is 12.5 Å². The Morgan fingerprint density at radius 2 is 1.57 bits per heavy atom. The fourth-order valence-corrected chi connectivity index (χ4v) is 1.23. The zero-order valence-electron chi connectivity index (χ0n) is 9.50. The van der Waals surface area contributed by atoms with Crippen molar-refractivity contribution in [3.63, 3.8) is 0 Å². The predicted octanol–water partition coefficient (Wildman–Crippen LogP) is -0.672. The molecule has 1 rings (SSSR count). The molecule has 1 aromatic carbocycles. The second-order valence-corrected chi connectivity index (χ2v) is 4.65. The van der Waals surface area contributed by atoms with Gasteiger partial charge < -0.3 is 21.5 Å². The van der Waals surface area contributed by atoms with E-state index in [2.05, 4.69) is 58.4 Å². The minimum absolute atomic E-state index is 0. The molecular formula is C12H20BrN. The molecule has 1 atom stereocenters. The van der Waals surface area contributed by atoms with E-state index < -0.39 is 0 Å². The van der Waals surface area contributed by atoms with Crippen molar-refractivity contribution in [2.75, 3.05) is 21.1 Å². The first-order valence-corrected chi connectivity index (χ1v) is 4.85. The second kappa shape index (κ2) is 5.52. The van der Waals surface area contributed by atoms with E-state index >= 15 is 0 Å². The highest BCUT2D eigenvalue weighted by Gasteiger charge is 2.17. The zero-order chi connectivity index (χ0) is 9.90. The first-order chi connectivity index (χ1) is 6.00. The van der Waals surface area contributed by atoms with Crippen LogP contribution in [0.25, 0.3) is 0 Å². The van der Waals surface area contributed by atoms with Crippen LogP contribution in [0.3, 0.4) is 0 Å². The monoisotopic (exact) mass is 257 g/mol. The summed E-state index contributed by atoms with van der Waals surface area (Å²) in [6.45, 7) is 2.30. The highest BCUT2D eigenvalue weighted by Crippen LogP contribution is 2.10. The maximum Gasteiger partial charge on any atom is 0.0896 e. The van der Waals surface area contributed by atoms with Crippen LogP contribution in [0, 0.1) is 0 Å². The number of benzene rings is 1. The van der Waals surface area contributed by atoms with Crippen LogP contribution in [0.2, 0.25) is 0 Å². The third kappa shape index (κ3) is 4.25. The van der Waals surface area contributed by atoms with Crippen LogP contribution in [-0.2, 0) is 6.42 Å². The van der Waals surface area contributed by atoms with Gasteiger partial charge in [-0.15, -0.1) is 0 Å². The van der Waals surface area contributed by atoms with Gasteiger partial charge in [-0.3, -0.25) is 0 Å². The smallest absolute Gasteiger partial charge is 0.0896 e. The average molecular weight is 258 g/mol. The van der Waals surface area contributed by atoms with E-state index in [0.717, 1.165) is 10.9 Å². The molecule has 2 heteroatoms. The van der Waals surface area contributed by atoms with E-state index in [-0.39, 0.29) is 17.0 Å². The summed E-state index contributed by atoms with van der Waals surface area (Å²) in [6.07, 6.45) is 1.16. The average Bonchev–Trinajstić information content (AvgIpc) is 2.04. The molecule has 0 fully saturated rings. The first kappa shape index (κ1) is 13.7. The highest BCUT2D eigenvalue weighted by molar-refractivity contribution is 5.15. The molecule has 0 N–H and O–H groups in total. The molecule has 0 aliphatic rings. The summed E-state index contributed by atoms with van der Waals surface area (Å²) in [5.41, 5.74) is 1.43. The van der Waals surface area contributed by atoms with Crippen LogP contribution in [0.5, 0.6) is 0 Å². The molecule has 1 unspecified atom stereocenters. The van der Waals surface area contributed by atoms with Crippen LogP contribution in [0.1, 0.15) is 12.5 Å². The minimum Gasteiger partial charge on any atom is -1.00 e. The van der Waals surface area contributed by atoms with Crippen LogP contribution < -0.4 is 17.0 Å². The van der Waals surface area contributed by atoms with E-state index in [1.54, 1.807) is 0 Å². The lowest BCUT2D eigenvalue weighted by Crippen LogP contribution is -3.00. The molecule has 0 aliphatic carbocycles. The first-order valence-electron chi connectivity index (χ1n) is 4.85. The lowest BCUT2D eigenvalue weighted by atomic mass is 10.1. The van der Waals surface area contributed by atoms with Crippen molar-refractivity contribution >= 4 is 0 Å². The standard InChI is InChI=1S/C12H20N.BrH/c1-11(13(2,3)4)10-12-8-6-5-7-9-12;/h5-9,11H,10H2,1-4H3;1H/q+1;/p-1. The Kier molecular flexibility index (Phi) is 5.38. The normalized spacial score (nSPS) is 13.1. The molecule has 80 valence electrons. The van der Waals surface area contributed by atoms with Gasteiger partial charge in [0.2, 0.25) is 0 Å². The van der Waals surface area contributed by atoms with E-state index in [9.17, 15) is 0 Å². The van der Waals surface area contributed by atoms with E-state index in [1.807, 2.05) is 0 Å². The molecule has 0 aliphatic heterocycles. The van der Waals surface area contributed by atoms with Crippen molar-refractivity contribution < 1.29 is 21.5 Å². The number of rotatable bonds is 3. The van der Waals surface area contributed by atoms with Crippen molar-refractivity contribution in [3.8, 4) is 0 Å². The van der Waals surface area contributed by atoms with Crippen molar-refractivity contribution in [1.29, 1.82) is 0 Å². The molecule has 0 amide bonds. The lowest BCUT2D eigenvalue weighted by Gasteiger charge is -2.31.